The summed E-state index contributed by atoms with van der Waals surface area (Å²) >= 11 is 0. The van der Waals surface area contributed by atoms with Crippen molar-refractivity contribution in [2.24, 2.45) is 0 Å². The zero-order valence-electron chi connectivity index (χ0n) is 19.0. The number of rotatable bonds is 8. The van der Waals surface area contributed by atoms with Gasteiger partial charge in [-0.2, -0.15) is 0 Å². The molecule has 0 fully saturated rings. The first-order valence-electron chi connectivity index (χ1n) is 10.5. The zero-order chi connectivity index (χ0) is 23.0. The molecule has 0 saturated heterocycles. The Morgan fingerprint density at radius 1 is 1.00 bits per heavy atom. The highest BCUT2D eigenvalue weighted by molar-refractivity contribution is 5.96. The van der Waals surface area contributed by atoms with E-state index in [1.165, 1.54) is 0 Å². The van der Waals surface area contributed by atoms with E-state index in [0.29, 0.717) is 17.2 Å². The minimum absolute atomic E-state index is 0.00548. The maximum Gasteiger partial charge on any atom is 0.325 e. The van der Waals surface area contributed by atoms with E-state index in [0.717, 1.165) is 17.5 Å². The van der Waals surface area contributed by atoms with Crippen molar-refractivity contribution in [1.29, 1.82) is 0 Å². The van der Waals surface area contributed by atoms with E-state index in [-0.39, 0.29) is 17.9 Å². The molecule has 0 saturated carbocycles. The number of anilines is 1. The average molecular weight is 425 g/mol. The van der Waals surface area contributed by atoms with Crippen LogP contribution in [-0.4, -0.2) is 30.9 Å². The fourth-order valence-electron chi connectivity index (χ4n) is 3.02. The number of esters is 1. The lowest BCUT2D eigenvalue weighted by molar-refractivity contribution is -0.146. The van der Waals surface area contributed by atoms with Crippen molar-refractivity contribution in [1.82, 2.24) is 5.32 Å². The van der Waals surface area contributed by atoms with Gasteiger partial charge in [0.25, 0.3) is 11.8 Å². The quantitative estimate of drug-likeness (QED) is 0.615. The SMILES string of the molecule is CC[C@@H](C)c1ccccc1NC(=O)COC(=O)CNC(=O)c1ccc(C(C)(C)C)cc1. The maximum absolute atomic E-state index is 12.2. The van der Waals surface area contributed by atoms with Gasteiger partial charge < -0.3 is 15.4 Å². The largest absolute Gasteiger partial charge is 0.454 e. The number of carbonyl (C=O) groups excluding carboxylic acids is 3. The van der Waals surface area contributed by atoms with Gasteiger partial charge in [0.1, 0.15) is 6.54 Å². The predicted molar refractivity (Wildman–Crippen MR) is 122 cm³/mol. The molecule has 0 bridgehead atoms. The van der Waals surface area contributed by atoms with Crippen molar-refractivity contribution >= 4 is 23.5 Å². The molecule has 0 unspecified atom stereocenters. The van der Waals surface area contributed by atoms with Gasteiger partial charge in [-0.05, 0) is 47.1 Å². The Balaban J connectivity index is 1.80. The van der Waals surface area contributed by atoms with Crippen LogP contribution in [0.4, 0.5) is 5.69 Å². The van der Waals surface area contributed by atoms with Crippen LogP contribution >= 0.6 is 0 Å². The molecule has 31 heavy (non-hydrogen) atoms. The molecule has 2 N–H and O–H groups in total. The van der Waals surface area contributed by atoms with Gasteiger partial charge in [0, 0.05) is 11.3 Å². The standard InChI is InChI=1S/C25H32N2O4/c1-6-17(2)20-9-7-8-10-21(20)27-22(28)16-31-23(29)15-26-24(30)18-11-13-19(14-12-18)25(3,4)5/h7-14,17H,6,15-16H2,1-5H3,(H,26,30)(H,27,28)/t17-/m1/s1. The van der Waals surface area contributed by atoms with Gasteiger partial charge in [-0.1, -0.05) is 65.0 Å². The van der Waals surface area contributed by atoms with Crippen LogP contribution in [0.3, 0.4) is 0 Å². The van der Waals surface area contributed by atoms with Crippen molar-refractivity contribution in [3.05, 3.63) is 65.2 Å². The second-order valence-corrected chi connectivity index (χ2v) is 8.62. The number of para-hydroxylation sites is 1. The van der Waals surface area contributed by atoms with Crippen LogP contribution in [0, 0.1) is 0 Å². The highest BCUT2D eigenvalue weighted by atomic mass is 16.5. The number of benzene rings is 2. The Hall–Kier alpha value is -3.15. The van der Waals surface area contributed by atoms with Crippen LogP contribution in [0.5, 0.6) is 0 Å². The summed E-state index contributed by atoms with van der Waals surface area (Å²) in [5.41, 5.74) is 3.32. The second kappa shape index (κ2) is 10.8. The van der Waals surface area contributed by atoms with E-state index in [2.05, 4.69) is 45.3 Å². The van der Waals surface area contributed by atoms with Gasteiger partial charge in [-0.25, -0.2) is 0 Å². The molecular formula is C25H32N2O4. The fraction of sp³-hybridized carbons (Fsp3) is 0.400. The number of amides is 2. The molecule has 0 spiro atoms. The summed E-state index contributed by atoms with van der Waals surface area (Å²) in [5, 5.41) is 5.30. The van der Waals surface area contributed by atoms with E-state index in [4.69, 9.17) is 4.74 Å². The van der Waals surface area contributed by atoms with Crippen molar-refractivity contribution < 1.29 is 19.1 Å². The molecule has 166 valence electrons. The molecule has 6 heteroatoms. The molecule has 2 amide bonds. The predicted octanol–water partition coefficient (Wildman–Crippen LogP) is 4.41. The highest BCUT2D eigenvalue weighted by Gasteiger charge is 2.16. The van der Waals surface area contributed by atoms with Crippen LogP contribution in [0.15, 0.2) is 48.5 Å². The van der Waals surface area contributed by atoms with E-state index in [1.807, 2.05) is 36.4 Å². The van der Waals surface area contributed by atoms with Gasteiger partial charge in [-0.3, -0.25) is 14.4 Å². The lowest BCUT2D eigenvalue weighted by Crippen LogP contribution is -2.32. The topological polar surface area (TPSA) is 84.5 Å². The van der Waals surface area contributed by atoms with Gasteiger partial charge in [-0.15, -0.1) is 0 Å². The zero-order valence-corrected chi connectivity index (χ0v) is 19.0. The number of nitrogens with one attached hydrogen (secondary N) is 2. The van der Waals surface area contributed by atoms with Crippen molar-refractivity contribution in [2.75, 3.05) is 18.5 Å². The van der Waals surface area contributed by atoms with E-state index in [1.54, 1.807) is 12.1 Å². The van der Waals surface area contributed by atoms with Crippen molar-refractivity contribution in [3.8, 4) is 0 Å². The molecule has 2 aromatic carbocycles. The fourth-order valence-corrected chi connectivity index (χ4v) is 3.02. The summed E-state index contributed by atoms with van der Waals surface area (Å²) in [5.74, 6) is -1.17. The van der Waals surface area contributed by atoms with Crippen molar-refractivity contribution in [3.63, 3.8) is 0 Å². The minimum atomic E-state index is -0.676. The molecule has 1 atom stereocenters. The van der Waals surface area contributed by atoms with Gasteiger partial charge in [0.05, 0.1) is 0 Å². The Morgan fingerprint density at radius 2 is 1.65 bits per heavy atom. The lowest BCUT2D eigenvalue weighted by atomic mass is 9.87. The van der Waals surface area contributed by atoms with Gasteiger partial charge in [0.2, 0.25) is 0 Å². The number of hydrogen-bond donors (Lipinski definition) is 2. The average Bonchev–Trinajstić information content (AvgIpc) is 2.75. The number of hydrogen-bond acceptors (Lipinski definition) is 4. The first kappa shape index (κ1) is 24.1. The third-order valence-electron chi connectivity index (χ3n) is 5.15. The minimum Gasteiger partial charge on any atom is -0.454 e. The lowest BCUT2D eigenvalue weighted by Gasteiger charge is -2.19. The van der Waals surface area contributed by atoms with Crippen molar-refractivity contribution in [2.45, 2.75) is 52.4 Å². The molecule has 0 radical (unpaired) electrons. The van der Waals surface area contributed by atoms with Gasteiger partial charge in [0.15, 0.2) is 6.61 Å². The van der Waals surface area contributed by atoms with E-state index >= 15 is 0 Å². The number of ether oxygens (including phenoxy) is 1. The molecule has 0 aliphatic heterocycles. The highest BCUT2D eigenvalue weighted by Crippen LogP contribution is 2.26. The third kappa shape index (κ3) is 7.24. The Morgan fingerprint density at radius 3 is 2.26 bits per heavy atom. The molecule has 0 aliphatic rings. The Bertz CT molecular complexity index is 914. The molecule has 2 aromatic rings. The van der Waals surface area contributed by atoms with Crippen LogP contribution in [0.25, 0.3) is 0 Å². The van der Waals surface area contributed by atoms with Crippen LogP contribution in [-0.2, 0) is 19.7 Å². The molecule has 0 aliphatic carbocycles. The smallest absolute Gasteiger partial charge is 0.325 e. The third-order valence-corrected chi connectivity index (χ3v) is 5.15. The first-order chi connectivity index (χ1) is 14.6. The molecule has 0 aromatic heterocycles. The Labute approximate surface area is 184 Å². The van der Waals surface area contributed by atoms with E-state index in [9.17, 15) is 14.4 Å². The van der Waals surface area contributed by atoms with E-state index < -0.39 is 18.5 Å². The van der Waals surface area contributed by atoms with Crippen LogP contribution < -0.4 is 10.6 Å². The van der Waals surface area contributed by atoms with Crippen LogP contribution in [0.1, 0.15) is 68.4 Å². The second-order valence-electron chi connectivity index (χ2n) is 8.62. The molecule has 0 heterocycles. The van der Waals surface area contributed by atoms with Crippen LogP contribution in [0.2, 0.25) is 0 Å². The maximum atomic E-state index is 12.2. The first-order valence-corrected chi connectivity index (χ1v) is 10.5. The summed E-state index contributed by atoms with van der Waals surface area (Å²) in [6.45, 7) is 9.73. The normalized spacial score (nSPS) is 12.0. The molecule has 2 rings (SSSR count). The summed E-state index contributed by atoms with van der Waals surface area (Å²) in [7, 11) is 0. The summed E-state index contributed by atoms with van der Waals surface area (Å²) < 4.78 is 4.99. The number of carbonyl (C=O) groups is 3. The Kier molecular flexibility index (Phi) is 8.37. The summed E-state index contributed by atoms with van der Waals surface area (Å²) in [4.78, 5) is 36.3. The molecule has 6 nitrogen and oxygen atoms in total. The monoisotopic (exact) mass is 424 g/mol. The summed E-state index contributed by atoms with van der Waals surface area (Å²) in [6.07, 6.45) is 0.945. The van der Waals surface area contributed by atoms with Gasteiger partial charge >= 0.3 is 5.97 Å². The molecular weight excluding hydrogens is 392 g/mol. The summed E-state index contributed by atoms with van der Waals surface area (Å²) in [6, 6.07) is 14.8.